The molecule has 0 saturated heterocycles. The van der Waals surface area contributed by atoms with Crippen LogP contribution < -0.4 is 0 Å². The molecule has 0 radical (unpaired) electrons. The first-order valence-corrected chi connectivity index (χ1v) is 6.60. The van der Waals surface area contributed by atoms with Gasteiger partial charge in [0.1, 0.15) is 0 Å². The van der Waals surface area contributed by atoms with Crippen molar-refractivity contribution in [3.05, 3.63) is 33.9 Å². The number of carboxylic acids is 1. The monoisotopic (exact) mass is 323 g/mol. The van der Waals surface area contributed by atoms with E-state index >= 15 is 0 Å². The van der Waals surface area contributed by atoms with Crippen LogP contribution >= 0.6 is 15.9 Å². The first-order chi connectivity index (χ1) is 8.99. The fourth-order valence-electron chi connectivity index (χ4n) is 2.35. The minimum absolute atomic E-state index is 0.127. The number of nitrogens with zero attached hydrogens (tertiary/aromatic N) is 1. The molecule has 1 aliphatic rings. The zero-order valence-corrected chi connectivity index (χ0v) is 11.3. The highest BCUT2D eigenvalue weighted by Crippen LogP contribution is 2.44. The van der Waals surface area contributed by atoms with Gasteiger partial charge in [-0.1, -0.05) is 0 Å². The van der Waals surface area contributed by atoms with Crippen molar-refractivity contribution in [2.24, 2.45) is 0 Å². The Morgan fingerprint density at radius 3 is 2.42 bits per heavy atom. The van der Waals surface area contributed by atoms with E-state index in [-0.39, 0.29) is 5.56 Å². The van der Waals surface area contributed by atoms with Crippen LogP contribution in [-0.2, 0) is 0 Å². The van der Waals surface area contributed by atoms with Crippen LogP contribution in [0, 0.1) is 0 Å². The number of carboxylic acid groups (broad SMARTS) is 2. The molecule has 98 valence electrons. The molecule has 1 aromatic carbocycles. The maximum Gasteiger partial charge on any atom is 0.416 e. The van der Waals surface area contributed by atoms with Crippen LogP contribution in [0.5, 0.6) is 0 Å². The van der Waals surface area contributed by atoms with Crippen molar-refractivity contribution >= 4 is 38.9 Å². The molecule has 2 N–H and O–H groups in total. The Bertz CT molecular complexity index is 715. The Balaban J connectivity index is 2.37. The van der Waals surface area contributed by atoms with Gasteiger partial charge in [0.15, 0.2) is 0 Å². The van der Waals surface area contributed by atoms with Crippen molar-refractivity contribution in [3.8, 4) is 0 Å². The molecule has 3 rings (SSSR count). The van der Waals surface area contributed by atoms with Crippen LogP contribution in [0.2, 0.25) is 0 Å². The predicted molar refractivity (Wildman–Crippen MR) is 72.0 cm³/mol. The largest absolute Gasteiger partial charge is 0.478 e. The van der Waals surface area contributed by atoms with Crippen molar-refractivity contribution in [2.45, 2.75) is 18.8 Å². The molecule has 0 aliphatic heterocycles. The minimum Gasteiger partial charge on any atom is -0.478 e. The van der Waals surface area contributed by atoms with Crippen LogP contribution in [0.4, 0.5) is 4.79 Å². The molecule has 1 fully saturated rings. The summed E-state index contributed by atoms with van der Waals surface area (Å²) in [7, 11) is 0. The lowest BCUT2D eigenvalue weighted by molar-refractivity contribution is 0.0696. The highest BCUT2D eigenvalue weighted by Gasteiger charge is 2.28. The zero-order chi connectivity index (χ0) is 13.7. The molecule has 0 amide bonds. The molecule has 0 bridgehead atoms. The lowest BCUT2D eigenvalue weighted by Crippen LogP contribution is -2.08. The highest BCUT2D eigenvalue weighted by molar-refractivity contribution is 9.10. The SMILES string of the molecule is O=C(O)c1cc(C2CC2)c2cc(Br)n(C(=O)O)c2c1. The van der Waals surface area contributed by atoms with E-state index in [9.17, 15) is 14.7 Å². The summed E-state index contributed by atoms with van der Waals surface area (Å²) in [6, 6.07) is 4.80. The Labute approximate surface area is 116 Å². The van der Waals surface area contributed by atoms with Crippen LogP contribution in [0.1, 0.15) is 34.7 Å². The summed E-state index contributed by atoms with van der Waals surface area (Å²) >= 11 is 3.21. The van der Waals surface area contributed by atoms with Gasteiger partial charge < -0.3 is 10.2 Å². The van der Waals surface area contributed by atoms with E-state index in [4.69, 9.17) is 5.11 Å². The average Bonchev–Trinajstić information content (AvgIpc) is 3.09. The molecular weight excluding hydrogens is 314 g/mol. The first kappa shape index (κ1) is 12.2. The Morgan fingerprint density at radius 2 is 1.89 bits per heavy atom. The summed E-state index contributed by atoms with van der Waals surface area (Å²) in [6.45, 7) is 0. The lowest BCUT2D eigenvalue weighted by Gasteiger charge is -2.05. The maximum absolute atomic E-state index is 11.3. The van der Waals surface area contributed by atoms with E-state index in [0.717, 1.165) is 28.4 Å². The van der Waals surface area contributed by atoms with Crippen molar-refractivity contribution in [3.63, 3.8) is 0 Å². The molecule has 2 aromatic rings. The standard InChI is InChI=1S/C13H10BrNO4/c14-11-5-9-8(6-1-2-6)3-7(12(16)17)4-10(9)15(11)13(18)19/h3-6H,1-2H2,(H,16,17)(H,18,19). The van der Waals surface area contributed by atoms with Gasteiger partial charge in [-0.25, -0.2) is 14.2 Å². The van der Waals surface area contributed by atoms with Gasteiger partial charge in [-0.15, -0.1) is 0 Å². The molecule has 0 atom stereocenters. The number of carbonyl (C=O) groups is 2. The number of hydrogen-bond donors (Lipinski definition) is 2. The van der Waals surface area contributed by atoms with Crippen molar-refractivity contribution in [1.29, 1.82) is 0 Å². The van der Waals surface area contributed by atoms with Gasteiger partial charge in [0, 0.05) is 5.39 Å². The van der Waals surface area contributed by atoms with E-state index in [1.54, 1.807) is 12.1 Å². The van der Waals surface area contributed by atoms with E-state index in [1.807, 2.05) is 0 Å². The molecule has 1 aliphatic carbocycles. The third-order valence-corrected chi connectivity index (χ3v) is 3.95. The van der Waals surface area contributed by atoms with E-state index in [1.165, 1.54) is 6.07 Å². The predicted octanol–water partition coefficient (Wildman–Crippen LogP) is 3.51. The summed E-state index contributed by atoms with van der Waals surface area (Å²) in [5, 5.41) is 19.2. The summed E-state index contributed by atoms with van der Waals surface area (Å²) in [5.74, 6) is -0.698. The quantitative estimate of drug-likeness (QED) is 0.886. The highest BCUT2D eigenvalue weighted by atomic mass is 79.9. The number of hydrogen-bond acceptors (Lipinski definition) is 2. The molecular formula is C13H10BrNO4. The van der Waals surface area contributed by atoms with E-state index in [0.29, 0.717) is 16.0 Å². The van der Waals surface area contributed by atoms with Crippen molar-refractivity contribution in [1.82, 2.24) is 4.57 Å². The summed E-state index contributed by atoms with van der Waals surface area (Å²) in [5.41, 5.74) is 1.47. The fraction of sp³-hybridized carbons (Fsp3) is 0.231. The number of aromatic carboxylic acids is 1. The lowest BCUT2D eigenvalue weighted by atomic mass is 10.0. The number of fused-ring (bicyclic) bond motifs is 1. The second-order valence-corrected chi connectivity index (χ2v) is 5.48. The Hall–Kier alpha value is -1.82. The third kappa shape index (κ3) is 1.92. The van der Waals surface area contributed by atoms with E-state index < -0.39 is 12.1 Å². The van der Waals surface area contributed by atoms with Crippen LogP contribution in [0.3, 0.4) is 0 Å². The van der Waals surface area contributed by atoms with E-state index in [2.05, 4.69) is 15.9 Å². The Kier molecular flexibility index (Phi) is 2.63. The molecule has 1 saturated carbocycles. The molecule has 6 heteroatoms. The number of aromatic nitrogens is 1. The molecule has 1 heterocycles. The van der Waals surface area contributed by atoms with Gasteiger partial charge in [0.05, 0.1) is 15.7 Å². The Morgan fingerprint density at radius 1 is 1.21 bits per heavy atom. The van der Waals surface area contributed by atoms with Crippen LogP contribution in [0.25, 0.3) is 10.9 Å². The third-order valence-electron chi connectivity index (χ3n) is 3.36. The second-order valence-electron chi connectivity index (χ2n) is 4.66. The normalized spacial score (nSPS) is 14.8. The zero-order valence-electron chi connectivity index (χ0n) is 9.76. The smallest absolute Gasteiger partial charge is 0.416 e. The van der Waals surface area contributed by atoms with Gasteiger partial charge in [-0.05, 0) is 58.5 Å². The van der Waals surface area contributed by atoms with Gasteiger partial charge in [0.2, 0.25) is 0 Å². The number of rotatable bonds is 2. The number of benzene rings is 1. The van der Waals surface area contributed by atoms with Crippen LogP contribution in [-0.4, -0.2) is 26.8 Å². The van der Waals surface area contributed by atoms with Gasteiger partial charge in [-0.3, -0.25) is 0 Å². The van der Waals surface area contributed by atoms with Gasteiger partial charge in [0.25, 0.3) is 0 Å². The topological polar surface area (TPSA) is 79.5 Å². The maximum atomic E-state index is 11.3. The molecule has 19 heavy (non-hydrogen) atoms. The van der Waals surface area contributed by atoms with Gasteiger partial charge >= 0.3 is 12.1 Å². The minimum atomic E-state index is -1.13. The fourth-order valence-corrected chi connectivity index (χ4v) is 2.92. The first-order valence-electron chi connectivity index (χ1n) is 5.80. The second kappa shape index (κ2) is 4.09. The molecule has 0 unspecified atom stereocenters. The number of halogens is 1. The molecule has 1 aromatic heterocycles. The van der Waals surface area contributed by atoms with Crippen LogP contribution in [0.15, 0.2) is 22.8 Å². The molecule has 0 spiro atoms. The van der Waals surface area contributed by atoms with Crippen molar-refractivity contribution in [2.75, 3.05) is 0 Å². The van der Waals surface area contributed by atoms with Crippen molar-refractivity contribution < 1.29 is 19.8 Å². The summed E-state index contributed by atoms with van der Waals surface area (Å²) < 4.78 is 1.48. The van der Waals surface area contributed by atoms with Gasteiger partial charge in [-0.2, -0.15) is 0 Å². The summed E-state index contributed by atoms with van der Waals surface area (Å²) in [4.78, 5) is 22.4. The average molecular weight is 324 g/mol. The molecule has 5 nitrogen and oxygen atoms in total. The summed E-state index contributed by atoms with van der Waals surface area (Å²) in [6.07, 6.45) is 0.911.